The second-order valence-electron chi connectivity index (χ2n) is 5.22. The van der Waals surface area contributed by atoms with Crippen molar-refractivity contribution in [1.29, 1.82) is 0 Å². The molecule has 0 aromatic rings. The number of hydrogen-bond acceptors (Lipinski definition) is 5. The van der Waals surface area contributed by atoms with Crippen LogP contribution in [0, 0.1) is 5.41 Å². The highest BCUT2D eigenvalue weighted by atomic mass is 32.1. The molecule has 0 aromatic heterocycles. The molecule has 0 aliphatic carbocycles. The summed E-state index contributed by atoms with van der Waals surface area (Å²) in [7, 11) is 0. The summed E-state index contributed by atoms with van der Waals surface area (Å²) >= 11 is 13.7. The number of hydrogen-bond donors (Lipinski definition) is 3. The fourth-order valence-electron chi connectivity index (χ4n) is 2.13. The molecular weight excluding hydrogens is 256 g/mol. The SMILES string of the molecule is CCN1CC(S)N(CC(C)(C)CCS)C1S. The summed E-state index contributed by atoms with van der Waals surface area (Å²) in [6.45, 7) is 9.83. The van der Waals surface area contributed by atoms with Gasteiger partial charge in [-0.3, -0.25) is 9.80 Å². The van der Waals surface area contributed by atoms with Crippen LogP contribution in [-0.4, -0.2) is 46.1 Å². The lowest BCUT2D eigenvalue weighted by molar-refractivity contribution is 0.151. The lowest BCUT2D eigenvalue weighted by Gasteiger charge is -2.34. The van der Waals surface area contributed by atoms with E-state index in [1.54, 1.807) is 0 Å². The lowest BCUT2D eigenvalue weighted by atomic mass is 9.90. The monoisotopic (exact) mass is 280 g/mol. The zero-order valence-electron chi connectivity index (χ0n) is 10.4. The van der Waals surface area contributed by atoms with E-state index in [0.29, 0.717) is 5.37 Å². The van der Waals surface area contributed by atoms with E-state index in [9.17, 15) is 0 Å². The molecule has 0 N–H and O–H groups in total. The van der Waals surface area contributed by atoms with Gasteiger partial charge in [0.05, 0.1) is 5.37 Å². The van der Waals surface area contributed by atoms with Crippen LogP contribution in [0.3, 0.4) is 0 Å². The molecule has 0 aromatic carbocycles. The normalized spacial score (nSPS) is 28.9. The summed E-state index contributed by atoms with van der Waals surface area (Å²) in [5.74, 6) is 0.937. The maximum absolute atomic E-state index is 4.69. The van der Waals surface area contributed by atoms with Crippen LogP contribution in [0.25, 0.3) is 0 Å². The molecule has 2 nitrogen and oxygen atoms in total. The molecule has 0 saturated carbocycles. The van der Waals surface area contributed by atoms with Gasteiger partial charge >= 0.3 is 0 Å². The van der Waals surface area contributed by atoms with Crippen molar-refractivity contribution in [2.75, 3.05) is 25.4 Å². The topological polar surface area (TPSA) is 6.48 Å². The maximum atomic E-state index is 4.69. The average molecular weight is 281 g/mol. The van der Waals surface area contributed by atoms with E-state index >= 15 is 0 Å². The first-order valence-electron chi connectivity index (χ1n) is 5.88. The van der Waals surface area contributed by atoms with Crippen molar-refractivity contribution in [3.05, 3.63) is 0 Å². The third-order valence-electron chi connectivity index (χ3n) is 3.21. The Morgan fingerprint density at radius 2 is 1.94 bits per heavy atom. The second kappa shape index (κ2) is 6.23. The van der Waals surface area contributed by atoms with Gasteiger partial charge in [0.1, 0.15) is 5.50 Å². The summed E-state index contributed by atoms with van der Waals surface area (Å²) in [6.07, 6.45) is 1.12. The van der Waals surface area contributed by atoms with Gasteiger partial charge in [0, 0.05) is 13.1 Å². The van der Waals surface area contributed by atoms with Crippen molar-refractivity contribution in [3.8, 4) is 0 Å². The Balaban J connectivity index is 2.59. The van der Waals surface area contributed by atoms with Gasteiger partial charge in [0.15, 0.2) is 0 Å². The standard InChI is InChI=1S/C11H24N2S3/c1-4-12-7-9(15)13(10(12)16)8-11(2,3)5-6-14/h9-10,14-16H,4-8H2,1-3H3. The van der Waals surface area contributed by atoms with Crippen molar-refractivity contribution < 1.29 is 0 Å². The van der Waals surface area contributed by atoms with E-state index in [4.69, 9.17) is 0 Å². The van der Waals surface area contributed by atoms with E-state index in [2.05, 4.69) is 68.5 Å². The largest absolute Gasteiger partial charge is 0.277 e. The first kappa shape index (κ1) is 15.0. The van der Waals surface area contributed by atoms with E-state index in [1.165, 1.54) is 0 Å². The fraction of sp³-hybridized carbons (Fsp3) is 1.00. The molecule has 0 radical (unpaired) electrons. The molecule has 2 unspecified atom stereocenters. The van der Waals surface area contributed by atoms with Crippen molar-refractivity contribution in [2.24, 2.45) is 5.41 Å². The molecule has 2 atom stereocenters. The molecule has 1 aliphatic heterocycles. The van der Waals surface area contributed by atoms with Crippen LogP contribution < -0.4 is 0 Å². The molecule has 1 fully saturated rings. The molecule has 1 rings (SSSR count). The van der Waals surface area contributed by atoms with Crippen LogP contribution >= 0.6 is 37.9 Å². The summed E-state index contributed by atoms with van der Waals surface area (Å²) in [4.78, 5) is 4.72. The third kappa shape index (κ3) is 3.73. The highest BCUT2D eigenvalue weighted by Crippen LogP contribution is 2.31. The molecular formula is C11H24N2S3. The van der Waals surface area contributed by atoms with E-state index in [1.807, 2.05) is 0 Å². The van der Waals surface area contributed by atoms with Crippen LogP contribution in [0.2, 0.25) is 0 Å². The Kier molecular flexibility index (Phi) is 5.85. The second-order valence-corrected chi connectivity index (χ2v) is 6.73. The zero-order valence-corrected chi connectivity index (χ0v) is 13.1. The van der Waals surface area contributed by atoms with E-state index in [0.717, 1.165) is 31.8 Å². The molecule has 5 heteroatoms. The van der Waals surface area contributed by atoms with Crippen molar-refractivity contribution >= 4 is 37.9 Å². The van der Waals surface area contributed by atoms with Crippen molar-refractivity contribution in [1.82, 2.24) is 9.80 Å². The minimum Gasteiger partial charge on any atom is -0.277 e. The van der Waals surface area contributed by atoms with Crippen LogP contribution in [0.4, 0.5) is 0 Å². The number of thiol groups is 3. The Morgan fingerprint density at radius 3 is 2.38 bits per heavy atom. The Labute approximate surface area is 116 Å². The average Bonchev–Trinajstić information content (AvgIpc) is 2.45. The van der Waals surface area contributed by atoms with Gasteiger partial charge in [0.2, 0.25) is 0 Å². The molecule has 96 valence electrons. The minimum atomic E-state index is 0.215. The molecule has 0 spiro atoms. The smallest absolute Gasteiger partial charge is 0.109 e. The van der Waals surface area contributed by atoms with Gasteiger partial charge in [-0.05, 0) is 24.1 Å². The lowest BCUT2D eigenvalue weighted by Crippen LogP contribution is -2.41. The first-order chi connectivity index (χ1) is 7.41. The summed E-state index contributed by atoms with van der Waals surface area (Å²) < 4.78 is 0. The highest BCUT2D eigenvalue weighted by molar-refractivity contribution is 7.82. The van der Waals surface area contributed by atoms with Crippen molar-refractivity contribution in [2.45, 2.75) is 38.1 Å². The van der Waals surface area contributed by atoms with Gasteiger partial charge in [-0.2, -0.15) is 25.3 Å². The van der Waals surface area contributed by atoms with Gasteiger partial charge in [0.25, 0.3) is 0 Å². The summed E-state index contributed by atoms with van der Waals surface area (Å²) in [6, 6.07) is 0. The quantitative estimate of drug-likeness (QED) is 0.666. The zero-order chi connectivity index (χ0) is 12.3. The van der Waals surface area contributed by atoms with Crippen LogP contribution in [0.1, 0.15) is 27.2 Å². The number of rotatable bonds is 5. The Bertz CT molecular complexity index is 223. The molecule has 0 amide bonds. The van der Waals surface area contributed by atoms with E-state index in [-0.39, 0.29) is 10.9 Å². The van der Waals surface area contributed by atoms with Crippen LogP contribution in [0.5, 0.6) is 0 Å². The predicted molar refractivity (Wildman–Crippen MR) is 81.8 cm³/mol. The molecule has 1 aliphatic rings. The summed E-state index contributed by atoms with van der Waals surface area (Å²) in [5, 5.41) is 0.307. The molecule has 1 saturated heterocycles. The highest BCUT2D eigenvalue weighted by Gasteiger charge is 2.37. The van der Waals surface area contributed by atoms with Gasteiger partial charge in [-0.15, -0.1) is 12.6 Å². The number of nitrogens with zero attached hydrogens (tertiary/aromatic N) is 2. The fourth-order valence-corrected chi connectivity index (χ4v) is 3.76. The van der Waals surface area contributed by atoms with Gasteiger partial charge in [-0.1, -0.05) is 20.8 Å². The van der Waals surface area contributed by atoms with Crippen LogP contribution in [0.15, 0.2) is 0 Å². The Morgan fingerprint density at radius 1 is 1.31 bits per heavy atom. The van der Waals surface area contributed by atoms with Crippen LogP contribution in [-0.2, 0) is 0 Å². The maximum Gasteiger partial charge on any atom is 0.109 e. The molecule has 0 bridgehead atoms. The predicted octanol–water partition coefficient (Wildman–Crippen LogP) is 2.44. The van der Waals surface area contributed by atoms with Gasteiger partial charge in [-0.25, -0.2) is 0 Å². The minimum absolute atomic E-state index is 0.215. The molecule has 1 heterocycles. The summed E-state index contributed by atoms with van der Waals surface area (Å²) in [5.41, 5.74) is 0.500. The first-order valence-corrected chi connectivity index (χ1v) is 7.54. The van der Waals surface area contributed by atoms with E-state index < -0.39 is 0 Å². The Hall–Kier alpha value is 0.970. The van der Waals surface area contributed by atoms with Crippen molar-refractivity contribution in [3.63, 3.8) is 0 Å². The molecule has 16 heavy (non-hydrogen) atoms. The number of likely N-dealkylation sites (N-methyl/N-ethyl adjacent to an activating group) is 1. The van der Waals surface area contributed by atoms with Gasteiger partial charge < -0.3 is 0 Å². The third-order valence-corrected chi connectivity index (χ3v) is 4.52.